The number of ether oxygens (including phenoxy) is 2. The van der Waals surface area contributed by atoms with Crippen LogP contribution in [0.3, 0.4) is 0 Å². The number of carbonyl (C=O) groups is 1. The van der Waals surface area contributed by atoms with Crippen LogP contribution in [-0.4, -0.2) is 81.3 Å². The second-order valence-electron chi connectivity index (χ2n) is 8.30. The fourth-order valence-corrected chi connectivity index (χ4v) is 4.52. The monoisotopic (exact) mass is 422 g/mol. The third-order valence-corrected chi connectivity index (χ3v) is 6.27. The first-order valence-electron chi connectivity index (χ1n) is 11.2. The molecule has 5 rings (SSSR count). The normalized spacial score (nSPS) is 19.4. The number of anilines is 1. The van der Waals surface area contributed by atoms with Crippen molar-refractivity contribution in [3.63, 3.8) is 0 Å². The molecular formula is C24H30N4O3. The van der Waals surface area contributed by atoms with E-state index in [-0.39, 0.29) is 5.91 Å². The number of rotatable bonds is 4. The van der Waals surface area contributed by atoms with E-state index in [0.29, 0.717) is 13.2 Å². The molecule has 0 aliphatic carbocycles. The molecule has 1 N–H and O–H groups in total. The minimum absolute atomic E-state index is 0.138. The van der Waals surface area contributed by atoms with Crippen LogP contribution in [0.5, 0.6) is 11.5 Å². The number of fused-ring (bicyclic) bond motifs is 1. The number of piperazine rings is 2. The maximum Gasteiger partial charge on any atom is 0.253 e. The first kappa shape index (κ1) is 20.2. The SMILES string of the molecule is O=C(c1ccc(CN2CCN(c3cccc4c3OCCO4)CC2)cc1)N1CCNCC1. The molecule has 164 valence electrons. The van der Waals surface area contributed by atoms with E-state index < -0.39 is 0 Å². The van der Waals surface area contributed by atoms with Gasteiger partial charge >= 0.3 is 0 Å². The van der Waals surface area contributed by atoms with Gasteiger partial charge in [-0.1, -0.05) is 18.2 Å². The molecule has 3 aliphatic rings. The third kappa shape index (κ3) is 4.48. The van der Waals surface area contributed by atoms with Crippen molar-refractivity contribution in [3.05, 3.63) is 53.6 Å². The van der Waals surface area contributed by atoms with E-state index in [2.05, 4.69) is 33.3 Å². The topological polar surface area (TPSA) is 57.3 Å². The molecule has 0 atom stereocenters. The molecule has 3 heterocycles. The summed E-state index contributed by atoms with van der Waals surface area (Å²) < 4.78 is 11.6. The van der Waals surface area contributed by atoms with Gasteiger partial charge in [-0.25, -0.2) is 0 Å². The van der Waals surface area contributed by atoms with Gasteiger partial charge in [-0.05, 0) is 29.8 Å². The van der Waals surface area contributed by atoms with Crippen LogP contribution in [0.4, 0.5) is 5.69 Å². The molecule has 2 saturated heterocycles. The van der Waals surface area contributed by atoms with Gasteiger partial charge in [0.1, 0.15) is 13.2 Å². The van der Waals surface area contributed by atoms with E-state index in [4.69, 9.17) is 9.47 Å². The molecule has 0 saturated carbocycles. The Bertz CT molecular complexity index is 904. The second-order valence-corrected chi connectivity index (χ2v) is 8.30. The van der Waals surface area contributed by atoms with E-state index >= 15 is 0 Å². The fraction of sp³-hybridized carbons (Fsp3) is 0.458. The van der Waals surface area contributed by atoms with Crippen molar-refractivity contribution in [2.24, 2.45) is 0 Å². The molecule has 2 aromatic carbocycles. The highest BCUT2D eigenvalue weighted by Gasteiger charge is 2.24. The van der Waals surface area contributed by atoms with Gasteiger partial charge in [-0.15, -0.1) is 0 Å². The van der Waals surface area contributed by atoms with Crippen molar-refractivity contribution in [2.75, 3.05) is 70.5 Å². The van der Waals surface area contributed by atoms with Gasteiger partial charge in [-0.2, -0.15) is 0 Å². The van der Waals surface area contributed by atoms with E-state index in [1.807, 2.05) is 29.2 Å². The van der Waals surface area contributed by atoms with Gasteiger partial charge in [0.05, 0.1) is 5.69 Å². The molecule has 0 spiro atoms. The molecule has 2 fully saturated rings. The van der Waals surface area contributed by atoms with E-state index in [0.717, 1.165) is 81.7 Å². The highest BCUT2D eigenvalue weighted by molar-refractivity contribution is 5.94. The summed E-state index contributed by atoms with van der Waals surface area (Å²) in [5.74, 6) is 1.87. The van der Waals surface area contributed by atoms with E-state index in [1.165, 1.54) is 5.56 Å². The number of para-hydroxylation sites is 1. The first-order chi connectivity index (χ1) is 15.3. The average molecular weight is 423 g/mol. The Morgan fingerprint density at radius 1 is 0.871 bits per heavy atom. The summed E-state index contributed by atoms with van der Waals surface area (Å²) in [6.07, 6.45) is 0. The van der Waals surface area contributed by atoms with Gasteiger partial charge in [-0.3, -0.25) is 9.69 Å². The Labute approximate surface area is 183 Å². The summed E-state index contributed by atoms with van der Waals surface area (Å²) in [4.78, 5) is 19.4. The van der Waals surface area contributed by atoms with Crippen LogP contribution in [0.1, 0.15) is 15.9 Å². The highest BCUT2D eigenvalue weighted by atomic mass is 16.6. The van der Waals surface area contributed by atoms with Crippen LogP contribution in [0.2, 0.25) is 0 Å². The van der Waals surface area contributed by atoms with Crippen molar-refractivity contribution >= 4 is 11.6 Å². The standard InChI is InChI=1S/C24H30N4O3/c29-24(28-10-8-25-9-11-28)20-6-4-19(5-7-20)18-26-12-14-27(15-13-26)21-2-1-3-22-23(21)31-17-16-30-22/h1-7,25H,8-18H2. The van der Waals surface area contributed by atoms with Crippen molar-refractivity contribution in [3.8, 4) is 11.5 Å². The maximum atomic E-state index is 12.6. The lowest BCUT2D eigenvalue weighted by atomic mass is 10.1. The lowest BCUT2D eigenvalue weighted by molar-refractivity contribution is 0.0736. The minimum Gasteiger partial charge on any atom is -0.486 e. The second kappa shape index (κ2) is 9.16. The Morgan fingerprint density at radius 3 is 2.39 bits per heavy atom. The lowest BCUT2D eigenvalue weighted by Gasteiger charge is -2.37. The Kier molecular flexibility index (Phi) is 5.95. The Hall–Kier alpha value is -2.77. The molecule has 0 unspecified atom stereocenters. The quantitative estimate of drug-likeness (QED) is 0.811. The summed E-state index contributed by atoms with van der Waals surface area (Å²) in [7, 11) is 0. The van der Waals surface area contributed by atoms with Crippen LogP contribution in [-0.2, 0) is 6.54 Å². The van der Waals surface area contributed by atoms with Gasteiger partial charge in [0.25, 0.3) is 5.91 Å². The molecule has 0 radical (unpaired) electrons. The zero-order chi connectivity index (χ0) is 21.0. The number of benzene rings is 2. The van der Waals surface area contributed by atoms with Crippen molar-refractivity contribution < 1.29 is 14.3 Å². The fourth-order valence-electron chi connectivity index (χ4n) is 4.52. The zero-order valence-corrected chi connectivity index (χ0v) is 17.9. The first-order valence-corrected chi connectivity index (χ1v) is 11.2. The van der Waals surface area contributed by atoms with Gasteiger partial charge in [0, 0.05) is 64.5 Å². The average Bonchev–Trinajstić information content (AvgIpc) is 2.85. The molecule has 31 heavy (non-hydrogen) atoms. The van der Waals surface area contributed by atoms with E-state index in [1.54, 1.807) is 0 Å². The smallest absolute Gasteiger partial charge is 0.253 e. The molecule has 7 heteroatoms. The van der Waals surface area contributed by atoms with Crippen molar-refractivity contribution in [2.45, 2.75) is 6.54 Å². The summed E-state index contributed by atoms with van der Waals surface area (Å²) >= 11 is 0. The number of amides is 1. The van der Waals surface area contributed by atoms with Crippen LogP contribution in [0, 0.1) is 0 Å². The molecule has 2 aromatic rings. The summed E-state index contributed by atoms with van der Waals surface area (Å²) in [6, 6.07) is 14.3. The van der Waals surface area contributed by atoms with Crippen LogP contribution in [0.15, 0.2) is 42.5 Å². The van der Waals surface area contributed by atoms with Crippen LogP contribution >= 0.6 is 0 Å². The summed E-state index contributed by atoms with van der Waals surface area (Å²) in [5.41, 5.74) is 3.17. The van der Waals surface area contributed by atoms with E-state index in [9.17, 15) is 4.79 Å². The maximum absolute atomic E-state index is 12.6. The summed E-state index contributed by atoms with van der Waals surface area (Å²) in [6.45, 7) is 9.35. The van der Waals surface area contributed by atoms with Crippen LogP contribution in [0.25, 0.3) is 0 Å². The molecule has 0 bridgehead atoms. The number of carbonyl (C=O) groups excluding carboxylic acids is 1. The Morgan fingerprint density at radius 2 is 1.61 bits per heavy atom. The summed E-state index contributed by atoms with van der Waals surface area (Å²) in [5, 5.41) is 3.29. The zero-order valence-electron chi connectivity index (χ0n) is 17.9. The van der Waals surface area contributed by atoms with Crippen molar-refractivity contribution in [1.82, 2.24) is 15.1 Å². The third-order valence-electron chi connectivity index (χ3n) is 6.27. The molecule has 1 amide bonds. The highest BCUT2D eigenvalue weighted by Crippen LogP contribution is 2.39. The number of hydrogen-bond acceptors (Lipinski definition) is 6. The molecule has 3 aliphatic heterocycles. The Balaban J connectivity index is 1.16. The van der Waals surface area contributed by atoms with Crippen LogP contribution < -0.4 is 19.7 Å². The number of nitrogens with one attached hydrogen (secondary N) is 1. The predicted octanol–water partition coefficient (Wildman–Crippen LogP) is 1.83. The molecule has 0 aromatic heterocycles. The van der Waals surface area contributed by atoms with Gasteiger partial charge in [0.15, 0.2) is 11.5 Å². The largest absolute Gasteiger partial charge is 0.486 e. The molecular weight excluding hydrogens is 392 g/mol. The lowest BCUT2D eigenvalue weighted by Crippen LogP contribution is -2.46. The van der Waals surface area contributed by atoms with Gasteiger partial charge in [0.2, 0.25) is 0 Å². The number of hydrogen-bond donors (Lipinski definition) is 1. The minimum atomic E-state index is 0.138. The van der Waals surface area contributed by atoms with Gasteiger partial charge < -0.3 is 24.6 Å². The van der Waals surface area contributed by atoms with Crippen molar-refractivity contribution in [1.29, 1.82) is 0 Å². The molecule has 7 nitrogen and oxygen atoms in total. The predicted molar refractivity (Wildman–Crippen MR) is 120 cm³/mol. The number of nitrogens with zero attached hydrogens (tertiary/aromatic N) is 3.